The first kappa shape index (κ1) is 19.0. The number of rotatable bonds is 5. The lowest BCUT2D eigenvalue weighted by molar-refractivity contribution is -0.114. The van der Waals surface area contributed by atoms with Crippen LogP contribution in [0.4, 0.5) is 10.5 Å². The Morgan fingerprint density at radius 1 is 1.22 bits per heavy atom. The van der Waals surface area contributed by atoms with Crippen LogP contribution >= 0.6 is 0 Å². The second-order valence-electron chi connectivity index (χ2n) is 6.88. The van der Waals surface area contributed by atoms with Gasteiger partial charge in [0.15, 0.2) is 0 Å². The van der Waals surface area contributed by atoms with Crippen molar-refractivity contribution >= 4 is 17.7 Å². The average molecular weight is 321 g/mol. The molecule has 0 heterocycles. The number of nitrogens with two attached hydrogens (primary N) is 1. The largest absolute Gasteiger partial charge is 0.444 e. The van der Waals surface area contributed by atoms with Crippen LogP contribution in [0, 0.1) is 0 Å². The number of benzene rings is 1. The monoisotopic (exact) mass is 321 g/mol. The zero-order valence-corrected chi connectivity index (χ0v) is 14.5. The molecule has 0 aliphatic heterocycles. The summed E-state index contributed by atoms with van der Waals surface area (Å²) in [6.07, 6.45) is -0.477. The van der Waals surface area contributed by atoms with E-state index in [1.165, 1.54) is 6.92 Å². The maximum absolute atomic E-state index is 11.8. The van der Waals surface area contributed by atoms with Crippen LogP contribution < -0.4 is 16.4 Å². The van der Waals surface area contributed by atoms with Crippen LogP contribution in [0.3, 0.4) is 0 Å². The van der Waals surface area contributed by atoms with Crippen molar-refractivity contribution in [3.8, 4) is 0 Å². The number of hydrogen-bond acceptors (Lipinski definition) is 4. The van der Waals surface area contributed by atoms with Crippen molar-refractivity contribution in [2.75, 3.05) is 18.4 Å². The Kier molecular flexibility index (Phi) is 6.15. The van der Waals surface area contributed by atoms with Crippen LogP contribution in [-0.4, -0.2) is 30.7 Å². The summed E-state index contributed by atoms with van der Waals surface area (Å²) in [6.45, 7) is 9.52. The molecule has 0 spiro atoms. The van der Waals surface area contributed by atoms with E-state index in [1.807, 2.05) is 52.0 Å². The first-order valence-corrected chi connectivity index (χ1v) is 7.61. The third-order valence-corrected chi connectivity index (χ3v) is 3.35. The lowest BCUT2D eigenvalue weighted by Gasteiger charge is -2.30. The molecule has 0 fully saturated rings. The Bertz CT molecular complexity index is 566. The van der Waals surface area contributed by atoms with Gasteiger partial charge in [0, 0.05) is 31.1 Å². The van der Waals surface area contributed by atoms with E-state index in [1.54, 1.807) is 0 Å². The maximum Gasteiger partial charge on any atom is 0.407 e. The molecular formula is C17H27N3O3. The number of carbonyl (C=O) groups excluding carboxylic acids is 2. The Balaban J connectivity index is 2.84. The van der Waals surface area contributed by atoms with E-state index >= 15 is 0 Å². The summed E-state index contributed by atoms with van der Waals surface area (Å²) in [5, 5.41) is 5.51. The Hall–Kier alpha value is -2.08. The minimum absolute atomic E-state index is 0.136. The van der Waals surface area contributed by atoms with E-state index < -0.39 is 17.1 Å². The first-order valence-electron chi connectivity index (χ1n) is 7.61. The molecule has 1 atom stereocenters. The zero-order valence-electron chi connectivity index (χ0n) is 14.5. The van der Waals surface area contributed by atoms with Gasteiger partial charge in [0.05, 0.1) is 0 Å². The smallest absolute Gasteiger partial charge is 0.407 e. The van der Waals surface area contributed by atoms with Crippen molar-refractivity contribution in [3.63, 3.8) is 0 Å². The zero-order chi connectivity index (χ0) is 17.7. The van der Waals surface area contributed by atoms with E-state index in [0.29, 0.717) is 18.8 Å². The predicted molar refractivity (Wildman–Crippen MR) is 91.4 cm³/mol. The molecule has 2 amide bonds. The number of nitrogens with one attached hydrogen (secondary N) is 2. The number of ether oxygens (including phenoxy) is 1. The van der Waals surface area contributed by atoms with Crippen molar-refractivity contribution in [2.45, 2.75) is 45.6 Å². The van der Waals surface area contributed by atoms with Gasteiger partial charge in [-0.05, 0) is 38.5 Å². The van der Waals surface area contributed by atoms with Gasteiger partial charge in [-0.1, -0.05) is 19.1 Å². The van der Waals surface area contributed by atoms with E-state index in [2.05, 4.69) is 10.6 Å². The van der Waals surface area contributed by atoms with Gasteiger partial charge in [0.1, 0.15) is 5.60 Å². The maximum atomic E-state index is 11.8. The normalized spacial score (nSPS) is 13.8. The topological polar surface area (TPSA) is 93.5 Å². The van der Waals surface area contributed by atoms with Crippen LogP contribution in [0.25, 0.3) is 0 Å². The molecule has 1 rings (SSSR count). The molecule has 4 N–H and O–H groups in total. The molecular weight excluding hydrogens is 294 g/mol. The van der Waals surface area contributed by atoms with Gasteiger partial charge >= 0.3 is 6.09 Å². The molecule has 1 unspecified atom stereocenters. The van der Waals surface area contributed by atoms with Gasteiger partial charge < -0.3 is 21.1 Å². The van der Waals surface area contributed by atoms with Crippen molar-refractivity contribution in [2.24, 2.45) is 5.73 Å². The van der Waals surface area contributed by atoms with Crippen LogP contribution in [0.1, 0.15) is 40.2 Å². The standard InChI is InChI=1S/C17H27N3O3/c1-12(21)20-14-8-6-7-13(9-14)17(5,10-18)11-19-15(22)23-16(2,3)4/h6-9H,10-11,18H2,1-5H3,(H,19,22)(H,20,21). The fraction of sp³-hybridized carbons (Fsp3) is 0.529. The van der Waals surface area contributed by atoms with E-state index in [0.717, 1.165) is 5.56 Å². The first-order chi connectivity index (χ1) is 10.6. The van der Waals surface area contributed by atoms with Gasteiger partial charge in [-0.15, -0.1) is 0 Å². The highest BCUT2D eigenvalue weighted by molar-refractivity contribution is 5.88. The number of amides is 2. The molecule has 0 bridgehead atoms. The highest BCUT2D eigenvalue weighted by atomic mass is 16.6. The molecule has 0 saturated carbocycles. The molecule has 6 nitrogen and oxygen atoms in total. The third kappa shape index (κ3) is 6.28. The summed E-state index contributed by atoms with van der Waals surface area (Å²) < 4.78 is 5.24. The van der Waals surface area contributed by atoms with Crippen LogP contribution in [0.2, 0.25) is 0 Å². The van der Waals surface area contributed by atoms with Crippen LogP contribution in [0.5, 0.6) is 0 Å². The molecule has 1 aromatic carbocycles. The van der Waals surface area contributed by atoms with Crippen LogP contribution in [-0.2, 0) is 14.9 Å². The summed E-state index contributed by atoms with van der Waals surface area (Å²) in [5.74, 6) is -0.136. The number of anilines is 1. The van der Waals surface area contributed by atoms with E-state index in [9.17, 15) is 9.59 Å². The Labute approximate surface area is 137 Å². The average Bonchev–Trinajstić information content (AvgIpc) is 2.42. The van der Waals surface area contributed by atoms with Gasteiger partial charge in [-0.25, -0.2) is 4.79 Å². The second kappa shape index (κ2) is 7.46. The molecule has 6 heteroatoms. The summed E-state index contributed by atoms with van der Waals surface area (Å²) in [6, 6.07) is 7.45. The molecule has 0 aliphatic rings. The van der Waals surface area contributed by atoms with Crippen molar-refractivity contribution < 1.29 is 14.3 Å². The SMILES string of the molecule is CC(=O)Nc1cccc(C(C)(CN)CNC(=O)OC(C)(C)C)c1. The number of carbonyl (C=O) groups is 2. The summed E-state index contributed by atoms with van der Waals surface area (Å²) in [5.41, 5.74) is 6.54. The second-order valence-corrected chi connectivity index (χ2v) is 6.88. The van der Waals surface area contributed by atoms with Gasteiger partial charge in [0.2, 0.25) is 5.91 Å². The molecule has 0 radical (unpaired) electrons. The summed E-state index contributed by atoms with van der Waals surface area (Å²) in [4.78, 5) is 23.0. The number of hydrogen-bond donors (Lipinski definition) is 3. The molecule has 0 saturated heterocycles. The Morgan fingerprint density at radius 3 is 2.39 bits per heavy atom. The van der Waals surface area contributed by atoms with Crippen molar-refractivity contribution in [1.82, 2.24) is 5.32 Å². The van der Waals surface area contributed by atoms with Gasteiger partial charge in [-0.2, -0.15) is 0 Å². The molecule has 128 valence electrons. The molecule has 0 aromatic heterocycles. The highest BCUT2D eigenvalue weighted by Gasteiger charge is 2.27. The summed E-state index contributed by atoms with van der Waals surface area (Å²) in [7, 11) is 0. The molecule has 23 heavy (non-hydrogen) atoms. The highest BCUT2D eigenvalue weighted by Crippen LogP contribution is 2.25. The predicted octanol–water partition coefficient (Wildman–Crippen LogP) is 2.39. The van der Waals surface area contributed by atoms with Gasteiger partial charge in [-0.3, -0.25) is 4.79 Å². The minimum atomic E-state index is -0.547. The summed E-state index contributed by atoms with van der Waals surface area (Å²) >= 11 is 0. The lowest BCUT2D eigenvalue weighted by atomic mass is 9.82. The van der Waals surface area contributed by atoms with Gasteiger partial charge in [0.25, 0.3) is 0 Å². The lowest BCUT2D eigenvalue weighted by Crippen LogP contribution is -2.45. The quantitative estimate of drug-likeness (QED) is 0.776. The van der Waals surface area contributed by atoms with Crippen molar-refractivity contribution in [1.29, 1.82) is 0 Å². The molecule has 1 aromatic rings. The van der Waals surface area contributed by atoms with E-state index in [4.69, 9.17) is 10.5 Å². The molecule has 0 aliphatic carbocycles. The number of alkyl carbamates (subject to hydrolysis) is 1. The Morgan fingerprint density at radius 2 is 1.87 bits per heavy atom. The van der Waals surface area contributed by atoms with E-state index in [-0.39, 0.29) is 5.91 Å². The fourth-order valence-electron chi connectivity index (χ4n) is 2.05. The third-order valence-electron chi connectivity index (χ3n) is 3.35. The van der Waals surface area contributed by atoms with Crippen LogP contribution in [0.15, 0.2) is 24.3 Å². The minimum Gasteiger partial charge on any atom is -0.444 e. The fourth-order valence-corrected chi connectivity index (χ4v) is 2.05. The van der Waals surface area contributed by atoms with Crippen molar-refractivity contribution in [3.05, 3.63) is 29.8 Å².